The predicted octanol–water partition coefficient (Wildman–Crippen LogP) is 0.291. The minimum Gasteiger partial charge on any atom is -0.299 e. The van der Waals surface area contributed by atoms with Crippen LogP contribution in [0.3, 0.4) is 0 Å². The highest BCUT2D eigenvalue weighted by molar-refractivity contribution is 4.63. The lowest BCUT2D eigenvalue weighted by atomic mass is 10.4. The standard InChI is InChI=1S/C9H22N3/c1-5-7-11(2)9-10-6-8-12(9,3)4/h9-10H,5-8H2,1-4H3/q+1. The van der Waals surface area contributed by atoms with Crippen LogP contribution < -0.4 is 5.32 Å². The quantitative estimate of drug-likeness (QED) is 0.616. The molecule has 0 amide bonds. The molecule has 0 radical (unpaired) electrons. The number of hydrogen-bond acceptors (Lipinski definition) is 2. The first-order valence-corrected chi connectivity index (χ1v) is 4.84. The molecule has 0 bridgehead atoms. The van der Waals surface area contributed by atoms with Gasteiger partial charge < -0.3 is 0 Å². The van der Waals surface area contributed by atoms with Crippen molar-refractivity contribution in [2.45, 2.75) is 19.6 Å². The highest BCUT2D eigenvalue weighted by Crippen LogP contribution is 2.12. The summed E-state index contributed by atoms with van der Waals surface area (Å²) in [6.45, 7) is 5.79. The highest BCUT2D eigenvalue weighted by atomic mass is 15.6. The van der Waals surface area contributed by atoms with E-state index in [1.54, 1.807) is 0 Å². The fraction of sp³-hybridized carbons (Fsp3) is 1.00. The maximum absolute atomic E-state index is 3.53. The van der Waals surface area contributed by atoms with Crippen LogP contribution in [-0.2, 0) is 0 Å². The van der Waals surface area contributed by atoms with Gasteiger partial charge in [0.15, 0.2) is 0 Å². The Balaban J connectivity index is 2.50. The Bertz CT molecular complexity index is 145. The Labute approximate surface area is 75.9 Å². The Hall–Kier alpha value is -0.120. The number of hydrogen-bond donors (Lipinski definition) is 1. The van der Waals surface area contributed by atoms with Crippen LogP contribution in [-0.4, -0.2) is 56.4 Å². The minimum absolute atomic E-state index is 0.518. The molecule has 12 heavy (non-hydrogen) atoms. The normalized spacial score (nSPS) is 28.2. The van der Waals surface area contributed by atoms with E-state index in [1.807, 2.05) is 0 Å². The summed E-state index contributed by atoms with van der Waals surface area (Å²) >= 11 is 0. The number of nitrogens with one attached hydrogen (secondary N) is 1. The van der Waals surface area contributed by atoms with Crippen molar-refractivity contribution in [2.75, 3.05) is 40.8 Å². The third kappa shape index (κ3) is 1.97. The van der Waals surface area contributed by atoms with E-state index in [9.17, 15) is 0 Å². The molecule has 0 aromatic heterocycles. The first-order valence-electron chi connectivity index (χ1n) is 4.84. The maximum atomic E-state index is 3.53. The first-order chi connectivity index (χ1) is 5.58. The molecule has 1 saturated heterocycles. The van der Waals surface area contributed by atoms with Crippen molar-refractivity contribution in [3.05, 3.63) is 0 Å². The Morgan fingerprint density at radius 1 is 1.50 bits per heavy atom. The van der Waals surface area contributed by atoms with E-state index in [4.69, 9.17) is 0 Å². The van der Waals surface area contributed by atoms with Gasteiger partial charge in [-0.15, -0.1) is 0 Å². The molecular weight excluding hydrogens is 150 g/mol. The summed E-state index contributed by atoms with van der Waals surface area (Å²) in [5.41, 5.74) is 0. The molecule has 1 rings (SSSR count). The summed E-state index contributed by atoms with van der Waals surface area (Å²) in [4.78, 5) is 2.41. The molecule has 1 N–H and O–H groups in total. The average Bonchev–Trinajstić information content (AvgIpc) is 2.30. The summed E-state index contributed by atoms with van der Waals surface area (Å²) in [7, 11) is 6.78. The largest absolute Gasteiger partial charge is 0.299 e. The summed E-state index contributed by atoms with van der Waals surface area (Å²) in [5, 5.41) is 3.53. The zero-order chi connectivity index (χ0) is 9.19. The molecule has 0 aromatic rings. The zero-order valence-corrected chi connectivity index (χ0v) is 8.80. The number of nitrogens with zero attached hydrogens (tertiary/aromatic N) is 2. The molecule has 1 heterocycles. The van der Waals surface area contributed by atoms with Crippen LogP contribution in [0.15, 0.2) is 0 Å². The molecule has 3 heteroatoms. The number of quaternary nitrogens is 1. The molecule has 0 spiro atoms. The lowest BCUT2D eigenvalue weighted by Gasteiger charge is -2.36. The van der Waals surface area contributed by atoms with Gasteiger partial charge in [0, 0.05) is 6.54 Å². The molecule has 0 aliphatic carbocycles. The van der Waals surface area contributed by atoms with Crippen LogP contribution in [0.5, 0.6) is 0 Å². The van der Waals surface area contributed by atoms with Crippen LogP contribution in [0, 0.1) is 0 Å². The molecule has 1 aliphatic rings. The summed E-state index contributed by atoms with van der Waals surface area (Å²) in [6, 6.07) is 0. The molecule has 1 atom stereocenters. The van der Waals surface area contributed by atoms with E-state index in [0.29, 0.717) is 6.29 Å². The van der Waals surface area contributed by atoms with E-state index >= 15 is 0 Å². The first kappa shape index (κ1) is 9.96. The Kier molecular flexibility index (Phi) is 3.09. The summed E-state index contributed by atoms with van der Waals surface area (Å²) < 4.78 is 1.08. The van der Waals surface area contributed by atoms with Crippen molar-refractivity contribution < 1.29 is 4.48 Å². The fourth-order valence-electron chi connectivity index (χ4n) is 2.02. The Morgan fingerprint density at radius 2 is 2.17 bits per heavy atom. The van der Waals surface area contributed by atoms with Crippen molar-refractivity contribution in [3.63, 3.8) is 0 Å². The van der Waals surface area contributed by atoms with Gasteiger partial charge in [0.25, 0.3) is 0 Å². The van der Waals surface area contributed by atoms with Gasteiger partial charge in [-0.25, -0.2) is 10.2 Å². The van der Waals surface area contributed by atoms with Gasteiger partial charge in [-0.1, -0.05) is 6.92 Å². The van der Waals surface area contributed by atoms with Crippen molar-refractivity contribution in [3.8, 4) is 0 Å². The summed E-state index contributed by atoms with van der Waals surface area (Å²) in [5.74, 6) is 0. The maximum Gasteiger partial charge on any atom is 0.202 e. The van der Waals surface area contributed by atoms with Gasteiger partial charge in [-0.05, 0) is 13.5 Å². The zero-order valence-electron chi connectivity index (χ0n) is 8.80. The highest BCUT2D eigenvalue weighted by Gasteiger charge is 2.35. The second kappa shape index (κ2) is 3.73. The van der Waals surface area contributed by atoms with Crippen LogP contribution >= 0.6 is 0 Å². The van der Waals surface area contributed by atoms with Gasteiger partial charge in [0.05, 0.1) is 27.2 Å². The minimum atomic E-state index is 0.518. The van der Waals surface area contributed by atoms with Gasteiger partial charge in [-0.2, -0.15) is 0 Å². The molecule has 0 saturated carbocycles. The lowest BCUT2D eigenvalue weighted by Crippen LogP contribution is -2.56. The monoisotopic (exact) mass is 172 g/mol. The Morgan fingerprint density at radius 3 is 2.58 bits per heavy atom. The number of likely N-dealkylation sites (N-methyl/N-ethyl adjacent to an activating group) is 1. The topological polar surface area (TPSA) is 15.3 Å². The molecule has 3 nitrogen and oxygen atoms in total. The molecule has 1 unspecified atom stereocenters. The van der Waals surface area contributed by atoms with Gasteiger partial charge in [-0.3, -0.25) is 4.48 Å². The lowest BCUT2D eigenvalue weighted by molar-refractivity contribution is -0.914. The van der Waals surface area contributed by atoms with Gasteiger partial charge in [0.2, 0.25) is 6.29 Å². The van der Waals surface area contributed by atoms with Crippen LogP contribution in [0.4, 0.5) is 0 Å². The second-order valence-electron chi connectivity index (χ2n) is 4.31. The van der Waals surface area contributed by atoms with Crippen LogP contribution in [0.25, 0.3) is 0 Å². The molecular formula is C9H22N3+. The number of rotatable bonds is 3. The van der Waals surface area contributed by atoms with Gasteiger partial charge in [0.1, 0.15) is 0 Å². The van der Waals surface area contributed by atoms with Crippen molar-refractivity contribution in [1.29, 1.82) is 0 Å². The predicted molar refractivity (Wildman–Crippen MR) is 51.7 cm³/mol. The van der Waals surface area contributed by atoms with Crippen molar-refractivity contribution in [2.24, 2.45) is 0 Å². The molecule has 1 fully saturated rings. The smallest absolute Gasteiger partial charge is 0.202 e. The SMILES string of the molecule is CCCN(C)C1NCC[N+]1(C)C. The average molecular weight is 172 g/mol. The van der Waals surface area contributed by atoms with E-state index < -0.39 is 0 Å². The molecule has 72 valence electrons. The van der Waals surface area contributed by atoms with Crippen LogP contribution in [0.2, 0.25) is 0 Å². The van der Waals surface area contributed by atoms with E-state index in [1.165, 1.54) is 19.5 Å². The molecule has 0 aromatic carbocycles. The molecule has 1 aliphatic heterocycles. The third-order valence-electron chi connectivity index (χ3n) is 2.67. The summed E-state index contributed by atoms with van der Waals surface area (Å²) in [6.07, 6.45) is 1.75. The van der Waals surface area contributed by atoms with E-state index in [2.05, 4.69) is 38.3 Å². The van der Waals surface area contributed by atoms with Gasteiger partial charge >= 0.3 is 0 Å². The second-order valence-corrected chi connectivity index (χ2v) is 4.31. The van der Waals surface area contributed by atoms with E-state index in [0.717, 1.165) is 11.0 Å². The van der Waals surface area contributed by atoms with E-state index in [-0.39, 0.29) is 0 Å². The van der Waals surface area contributed by atoms with Crippen molar-refractivity contribution >= 4 is 0 Å². The van der Waals surface area contributed by atoms with Crippen LogP contribution in [0.1, 0.15) is 13.3 Å². The van der Waals surface area contributed by atoms with Crippen molar-refractivity contribution in [1.82, 2.24) is 10.2 Å². The fourth-order valence-corrected chi connectivity index (χ4v) is 2.02. The third-order valence-corrected chi connectivity index (χ3v) is 2.67.